The van der Waals surface area contributed by atoms with Crippen molar-refractivity contribution < 1.29 is 22.8 Å². The van der Waals surface area contributed by atoms with Gasteiger partial charge in [0.05, 0.1) is 16.4 Å². The molecule has 2 aromatic rings. The Labute approximate surface area is 126 Å². The zero-order chi connectivity index (χ0) is 16.2. The molecule has 0 aliphatic carbocycles. The van der Waals surface area contributed by atoms with Gasteiger partial charge in [0.2, 0.25) is 0 Å². The Kier molecular flexibility index (Phi) is 4.83. The first-order chi connectivity index (χ1) is 10.4. The van der Waals surface area contributed by atoms with Crippen molar-refractivity contribution in [1.82, 2.24) is 5.23 Å². The van der Waals surface area contributed by atoms with Gasteiger partial charge in [0.1, 0.15) is 0 Å². The summed E-state index contributed by atoms with van der Waals surface area (Å²) in [6.45, 7) is -0.160. The second-order valence-corrected chi connectivity index (χ2v) is 5.80. The Morgan fingerprint density at radius 3 is 2.23 bits per heavy atom. The van der Waals surface area contributed by atoms with Gasteiger partial charge in [0.15, 0.2) is 0 Å². The molecule has 0 aliphatic rings. The van der Waals surface area contributed by atoms with Crippen LogP contribution in [0.5, 0.6) is 0 Å². The molecule has 116 valence electrons. The van der Waals surface area contributed by atoms with Gasteiger partial charge in [-0.25, -0.2) is 0 Å². The van der Waals surface area contributed by atoms with Gasteiger partial charge in [-0.1, -0.05) is 30.3 Å². The van der Waals surface area contributed by atoms with Crippen LogP contribution < -0.4 is 0 Å². The molecular formula is C13H12N2O6S. The molecule has 0 saturated carbocycles. The molecule has 0 amide bonds. The number of non-ortho nitro benzene ring substituents is 1. The van der Waals surface area contributed by atoms with E-state index in [0.29, 0.717) is 5.56 Å². The summed E-state index contributed by atoms with van der Waals surface area (Å²) < 4.78 is 28.4. The van der Waals surface area contributed by atoms with Gasteiger partial charge < -0.3 is 0 Å². The van der Waals surface area contributed by atoms with Crippen molar-refractivity contribution in [3.8, 4) is 0 Å². The van der Waals surface area contributed by atoms with Crippen LogP contribution in [0.4, 0.5) is 5.69 Å². The molecule has 9 heteroatoms. The van der Waals surface area contributed by atoms with E-state index in [0.717, 1.165) is 24.3 Å². The number of hydrogen-bond donors (Lipinski definition) is 1. The summed E-state index contributed by atoms with van der Waals surface area (Å²) in [6, 6.07) is 12.7. The van der Waals surface area contributed by atoms with Crippen LogP contribution in [0.15, 0.2) is 59.5 Å². The fourth-order valence-corrected chi connectivity index (χ4v) is 2.49. The third-order valence-corrected chi connectivity index (χ3v) is 3.90. The van der Waals surface area contributed by atoms with Crippen LogP contribution in [-0.4, -0.2) is 23.8 Å². The zero-order valence-corrected chi connectivity index (χ0v) is 12.0. The Morgan fingerprint density at radius 2 is 1.68 bits per heavy atom. The van der Waals surface area contributed by atoms with E-state index < -0.39 is 15.0 Å². The van der Waals surface area contributed by atoms with Gasteiger partial charge >= 0.3 is 10.1 Å². The first-order valence-corrected chi connectivity index (χ1v) is 7.49. The predicted octanol–water partition coefficient (Wildman–Crippen LogP) is 2.11. The lowest BCUT2D eigenvalue weighted by Crippen LogP contribution is -2.23. The predicted molar refractivity (Wildman–Crippen MR) is 75.1 cm³/mol. The van der Waals surface area contributed by atoms with E-state index in [4.69, 9.17) is 0 Å². The highest BCUT2D eigenvalue weighted by Crippen LogP contribution is 2.18. The molecule has 2 rings (SSSR count). The monoisotopic (exact) mass is 324 g/mol. The highest BCUT2D eigenvalue weighted by atomic mass is 32.2. The fourth-order valence-electron chi connectivity index (χ4n) is 1.66. The fraction of sp³-hybridized carbons (Fsp3) is 0.0769. The lowest BCUT2D eigenvalue weighted by atomic mass is 10.2. The highest BCUT2D eigenvalue weighted by molar-refractivity contribution is 7.86. The van der Waals surface area contributed by atoms with Crippen LogP contribution in [0, 0.1) is 10.1 Å². The molecule has 0 fully saturated rings. The van der Waals surface area contributed by atoms with Crippen molar-refractivity contribution in [2.75, 3.05) is 0 Å². The Hall–Kier alpha value is -2.33. The van der Waals surface area contributed by atoms with Crippen LogP contribution >= 0.6 is 0 Å². The maximum atomic E-state index is 11.9. The zero-order valence-electron chi connectivity index (χ0n) is 11.2. The average Bonchev–Trinajstić information content (AvgIpc) is 2.47. The topological polar surface area (TPSA) is 110 Å². The summed E-state index contributed by atoms with van der Waals surface area (Å²) >= 11 is 0. The van der Waals surface area contributed by atoms with Crippen molar-refractivity contribution in [3.63, 3.8) is 0 Å². The maximum absolute atomic E-state index is 11.9. The number of nitrogens with zero attached hydrogens (tertiary/aromatic N) is 2. The van der Waals surface area contributed by atoms with E-state index in [9.17, 15) is 23.7 Å². The number of hydroxylamine groups is 2. The largest absolute Gasteiger partial charge is 0.315 e. The summed E-state index contributed by atoms with van der Waals surface area (Å²) in [5, 5.41) is 20.3. The Bertz CT molecular complexity index is 746. The molecule has 8 nitrogen and oxygen atoms in total. The summed E-state index contributed by atoms with van der Waals surface area (Å²) in [5.74, 6) is 0. The van der Waals surface area contributed by atoms with Crippen molar-refractivity contribution >= 4 is 15.8 Å². The van der Waals surface area contributed by atoms with E-state index in [2.05, 4.69) is 4.28 Å². The van der Waals surface area contributed by atoms with E-state index in [1.165, 1.54) is 0 Å². The first-order valence-electron chi connectivity index (χ1n) is 6.08. The van der Waals surface area contributed by atoms with Gasteiger partial charge in [-0.3, -0.25) is 15.3 Å². The van der Waals surface area contributed by atoms with Crippen molar-refractivity contribution in [2.45, 2.75) is 11.4 Å². The molecule has 0 saturated heterocycles. The SMILES string of the molecule is O=[N+]([O-])c1ccc(S(=O)(=O)ON(O)Cc2ccccc2)cc1. The number of nitro groups is 1. The van der Waals surface area contributed by atoms with Crippen molar-refractivity contribution in [2.24, 2.45) is 0 Å². The molecular weight excluding hydrogens is 312 g/mol. The van der Waals surface area contributed by atoms with Gasteiger partial charge in [-0.05, 0) is 22.9 Å². The van der Waals surface area contributed by atoms with Gasteiger partial charge in [-0.2, -0.15) is 8.42 Å². The number of hydrogen-bond acceptors (Lipinski definition) is 7. The molecule has 0 radical (unpaired) electrons. The van der Waals surface area contributed by atoms with Crippen LogP contribution in [0.2, 0.25) is 0 Å². The van der Waals surface area contributed by atoms with E-state index in [1.54, 1.807) is 30.3 Å². The molecule has 0 aliphatic heterocycles. The Balaban J connectivity index is 2.08. The first kappa shape index (κ1) is 16.0. The molecule has 0 bridgehead atoms. The number of nitro benzene ring substituents is 1. The molecule has 0 unspecified atom stereocenters. The third-order valence-electron chi connectivity index (χ3n) is 2.68. The summed E-state index contributed by atoms with van der Waals surface area (Å²) in [4.78, 5) is 9.57. The van der Waals surface area contributed by atoms with Crippen molar-refractivity contribution in [3.05, 3.63) is 70.3 Å². The molecule has 0 heterocycles. The maximum Gasteiger partial charge on any atom is 0.315 e. The average molecular weight is 324 g/mol. The smallest absolute Gasteiger partial charge is 0.288 e. The second-order valence-electron chi connectivity index (χ2n) is 4.28. The second kappa shape index (κ2) is 6.62. The minimum absolute atomic E-state index is 0.160. The van der Waals surface area contributed by atoms with Crippen LogP contribution in [-0.2, 0) is 20.9 Å². The Morgan fingerprint density at radius 1 is 1.09 bits per heavy atom. The number of benzene rings is 2. The molecule has 1 N–H and O–H groups in total. The van der Waals surface area contributed by atoms with Gasteiger partial charge in [0.25, 0.3) is 5.69 Å². The summed E-state index contributed by atoms with van der Waals surface area (Å²) in [6.07, 6.45) is 0. The van der Waals surface area contributed by atoms with Crippen LogP contribution in [0.25, 0.3) is 0 Å². The molecule has 0 aromatic heterocycles. The van der Waals surface area contributed by atoms with E-state index >= 15 is 0 Å². The lowest BCUT2D eigenvalue weighted by Gasteiger charge is -2.14. The third kappa shape index (κ3) is 4.09. The van der Waals surface area contributed by atoms with E-state index in [1.807, 2.05) is 0 Å². The minimum atomic E-state index is -4.27. The quantitative estimate of drug-likeness (QED) is 0.640. The molecule has 0 atom stereocenters. The standard InChI is InChI=1S/C13H12N2O6S/c16-14(10-11-4-2-1-3-5-11)21-22(19,20)13-8-6-12(7-9-13)15(17)18/h1-9,16H,10H2. The van der Waals surface area contributed by atoms with E-state index in [-0.39, 0.29) is 22.4 Å². The molecule has 22 heavy (non-hydrogen) atoms. The molecule has 2 aromatic carbocycles. The normalized spacial score (nSPS) is 11.5. The molecule has 0 spiro atoms. The highest BCUT2D eigenvalue weighted by Gasteiger charge is 2.20. The summed E-state index contributed by atoms with van der Waals surface area (Å²) in [7, 11) is -4.27. The van der Waals surface area contributed by atoms with Gasteiger partial charge in [-0.15, -0.1) is 4.28 Å². The summed E-state index contributed by atoms with van der Waals surface area (Å²) in [5.41, 5.74) is 0.396. The minimum Gasteiger partial charge on any atom is -0.288 e. The number of rotatable bonds is 6. The van der Waals surface area contributed by atoms with Crippen molar-refractivity contribution in [1.29, 1.82) is 0 Å². The van der Waals surface area contributed by atoms with Crippen LogP contribution in [0.1, 0.15) is 5.56 Å². The lowest BCUT2D eigenvalue weighted by molar-refractivity contribution is -0.384. The van der Waals surface area contributed by atoms with Crippen LogP contribution in [0.3, 0.4) is 0 Å². The van der Waals surface area contributed by atoms with Gasteiger partial charge in [0, 0.05) is 12.1 Å².